The van der Waals surface area contributed by atoms with Gasteiger partial charge in [-0.25, -0.2) is 0 Å². The van der Waals surface area contributed by atoms with Crippen molar-refractivity contribution in [2.45, 2.75) is 38.8 Å². The fraction of sp³-hybridized carbons (Fsp3) is 0.458. The van der Waals surface area contributed by atoms with Crippen LogP contribution in [0, 0.1) is 5.92 Å². The zero-order chi connectivity index (χ0) is 19.8. The Kier molecular flexibility index (Phi) is 7.63. The van der Waals surface area contributed by atoms with Gasteiger partial charge in [-0.15, -0.1) is 0 Å². The lowest BCUT2D eigenvalue weighted by Crippen LogP contribution is -2.48. The molecule has 3 rings (SSSR count). The minimum Gasteiger partial charge on any atom is -0.374 e. The smallest absolute Gasteiger partial charge is 0.227 e. The molecule has 3 atom stereocenters. The molecule has 1 aliphatic rings. The standard InChI is InChI=1S/C24H32N2O2/c1-3-19(2)23(21-12-8-5-9-13-21)24(27)25-16-22-18-26(14-15-28-22)17-20-10-6-4-7-11-20/h4-13,19,22-23H,3,14-18H2,1-2H3,(H,25,27). The Morgan fingerprint density at radius 1 is 1.14 bits per heavy atom. The number of ether oxygens (including phenoxy) is 1. The van der Waals surface area contributed by atoms with E-state index in [0.29, 0.717) is 19.1 Å². The Labute approximate surface area is 168 Å². The number of nitrogens with zero attached hydrogens (tertiary/aromatic N) is 1. The average molecular weight is 381 g/mol. The zero-order valence-corrected chi connectivity index (χ0v) is 17.0. The van der Waals surface area contributed by atoms with Gasteiger partial charge in [-0.05, 0) is 17.0 Å². The van der Waals surface area contributed by atoms with E-state index in [1.54, 1.807) is 0 Å². The van der Waals surface area contributed by atoms with Crippen molar-refractivity contribution in [2.75, 3.05) is 26.2 Å². The number of carbonyl (C=O) groups excluding carboxylic acids is 1. The van der Waals surface area contributed by atoms with Crippen molar-refractivity contribution in [1.82, 2.24) is 10.2 Å². The van der Waals surface area contributed by atoms with Crippen molar-refractivity contribution in [3.63, 3.8) is 0 Å². The van der Waals surface area contributed by atoms with Gasteiger partial charge in [0.2, 0.25) is 5.91 Å². The first-order chi connectivity index (χ1) is 13.7. The van der Waals surface area contributed by atoms with E-state index in [4.69, 9.17) is 4.74 Å². The summed E-state index contributed by atoms with van der Waals surface area (Å²) in [6.07, 6.45) is 1.01. The lowest BCUT2D eigenvalue weighted by Gasteiger charge is -2.33. The number of amides is 1. The molecule has 3 unspecified atom stereocenters. The molecule has 0 radical (unpaired) electrons. The Bertz CT molecular complexity index is 720. The summed E-state index contributed by atoms with van der Waals surface area (Å²) in [6, 6.07) is 20.6. The molecular formula is C24H32N2O2. The fourth-order valence-corrected chi connectivity index (χ4v) is 3.85. The first-order valence-electron chi connectivity index (χ1n) is 10.4. The molecule has 1 saturated heterocycles. The van der Waals surface area contributed by atoms with Gasteiger partial charge in [0.25, 0.3) is 0 Å². The Morgan fingerprint density at radius 2 is 1.82 bits per heavy atom. The van der Waals surface area contributed by atoms with Crippen LogP contribution < -0.4 is 5.32 Å². The second-order valence-electron chi connectivity index (χ2n) is 7.73. The quantitative estimate of drug-likeness (QED) is 0.757. The summed E-state index contributed by atoms with van der Waals surface area (Å²) in [6.45, 7) is 8.25. The summed E-state index contributed by atoms with van der Waals surface area (Å²) in [5.41, 5.74) is 2.40. The van der Waals surface area contributed by atoms with Gasteiger partial charge in [-0.2, -0.15) is 0 Å². The predicted octanol–water partition coefficient (Wildman–Crippen LogP) is 3.83. The molecular weight excluding hydrogens is 348 g/mol. The number of rotatable bonds is 8. The largest absolute Gasteiger partial charge is 0.374 e. The van der Waals surface area contributed by atoms with E-state index < -0.39 is 0 Å². The lowest BCUT2D eigenvalue weighted by molar-refractivity contribution is -0.125. The molecule has 2 aromatic carbocycles. The third-order valence-corrected chi connectivity index (χ3v) is 5.63. The zero-order valence-electron chi connectivity index (χ0n) is 17.0. The summed E-state index contributed by atoms with van der Waals surface area (Å²) >= 11 is 0. The fourth-order valence-electron chi connectivity index (χ4n) is 3.85. The second kappa shape index (κ2) is 10.4. The maximum atomic E-state index is 13.0. The Morgan fingerprint density at radius 3 is 2.50 bits per heavy atom. The van der Waals surface area contributed by atoms with Gasteiger partial charge >= 0.3 is 0 Å². The normalized spacial score (nSPS) is 19.7. The Hall–Kier alpha value is -2.17. The predicted molar refractivity (Wildman–Crippen MR) is 113 cm³/mol. The lowest BCUT2D eigenvalue weighted by atomic mass is 9.85. The highest BCUT2D eigenvalue weighted by Gasteiger charge is 2.27. The summed E-state index contributed by atoms with van der Waals surface area (Å²) in [5.74, 6) is 0.281. The van der Waals surface area contributed by atoms with Crippen LogP contribution in [-0.4, -0.2) is 43.2 Å². The molecule has 4 heteroatoms. The molecule has 0 saturated carbocycles. The van der Waals surface area contributed by atoms with Crippen LogP contribution in [0.25, 0.3) is 0 Å². The molecule has 1 amide bonds. The summed E-state index contributed by atoms with van der Waals surface area (Å²) in [7, 11) is 0. The van der Waals surface area contributed by atoms with Crippen molar-refractivity contribution < 1.29 is 9.53 Å². The maximum Gasteiger partial charge on any atom is 0.227 e. The van der Waals surface area contributed by atoms with Gasteiger partial charge in [-0.1, -0.05) is 80.9 Å². The van der Waals surface area contributed by atoms with E-state index in [0.717, 1.165) is 31.6 Å². The van der Waals surface area contributed by atoms with Crippen LogP contribution >= 0.6 is 0 Å². The highest BCUT2D eigenvalue weighted by Crippen LogP contribution is 2.27. The van der Waals surface area contributed by atoms with E-state index in [9.17, 15) is 4.79 Å². The Balaban J connectivity index is 1.55. The highest BCUT2D eigenvalue weighted by atomic mass is 16.5. The van der Waals surface area contributed by atoms with Crippen LogP contribution in [0.5, 0.6) is 0 Å². The van der Waals surface area contributed by atoms with Gasteiger partial charge in [0.1, 0.15) is 0 Å². The second-order valence-corrected chi connectivity index (χ2v) is 7.73. The van der Waals surface area contributed by atoms with E-state index in [-0.39, 0.29) is 17.9 Å². The number of morpholine rings is 1. The first kappa shape index (κ1) is 20.6. The van der Waals surface area contributed by atoms with Crippen LogP contribution in [0.2, 0.25) is 0 Å². The highest BCUT2D eigenvalue weighted by molar-refractivity contribution is 5.84. The molecule has 1 aliphatic heterocycles. The van der Waals surface area contributed by atoms with Crippen LogP contribution in [0.15, 0.2) is 60.7 Å². The molecule has 0 bridgehead atoms. The molecule has 1 fully saturated rings. The number of hydrogen-bond acceptors (Lipinski definition) is 3. The molecule has 1 heterocycles. The van der Waals surface area contributed by atoms with Crippen molar-refractivity contribution in [2.24, 2.45) is 5.92 Å². The van der Waals surface area contributed by atoms with E-state index in [1.807, 2.05) is 24.3 Å². The van der Waals surface area contributed by atoms with Crippen molar-refractivity contribution in [3.8, 4) is 0 Å². The molecule has 0 aliphatic carbocycles. The molecule has 2 aromatic rings. The minimum atomic E-state index is -0.116. The van der Waals surface area contributed by atoms with E-state index in [2.05, 4.69) is 60.5 Å². The van der Waals surface area contributed by atoms with Gasteiger partial charge in [0.15, 0.2) is 0 Å². The van der Waals surface area contributed by atoms with Crippen LogP contribution in [-0.2, 0) is 16.1 Å². The van der Waals surface area contributed by atoms with Crippen LogP contribution in [0.1, 0.15) is 37.3 Å². The third kappa shape index (κ3) is 5.66. The molecule has 28 heavy (non-hydrogen) atoms. The maximum absolute atomic E-state index is 13.0. The number of hydrogen-bond donors (Lipinski definition) is 1. The van der Waals surface area contributed by atoms with Crippen molar-refractivity contribution in [1.29, 1.82) is 0 Å². The molecule has 0 aromatic heterocycles. The third-order valence-electron chi connectivity index (χ3n) is 5.63. The molecule has 4 nitrogen and oxygen atoms in total. The molecule has 150 valence electrons. The van der Waals surface area contributed by atoms with Crippen LogP contribution in [0.3, 0.4) is 0 Å². The number of nitrogens with one attached hydrogen (secondary N) is 1. The number of benzene rings is 2. The van der Waals surface area contributed by atoms with Crippen molar-refractivity contribution >= 4 is 5.91 Å². The molecule has 0 spiro atoms. The van der Waals surface area contributed by atoms with E-state index in [1.165, 1.54) is 5.56 Å². The summed E-state index contributed by atoms with van der Waals surface area (Å²) in [4.78, 5) is 15.4. The van der Waals surface area contributed by atoms with Crippen LogP contribution in [0.4, 0.5) is 0 Å². The number of carbonyl (C=O) groups is 1. The van der Waals surface area contributed by atoms with Gasteiger partial charge in [0, 0.05) is 26.2 Å². The monoisotopic (exact) mass is 380 g/mol. The average Bonchev–Trinajstić information content (AvgIpc) is 2.74. The summed E-state index contributed by atoms with van der Waals surface area (Å²) in [5, 5.41) is 3.16. The van der Waals surface area contributed by atoms with E-state index >= 15 is 0 Å². The van der Waals surface area contributed by atoms with Gasteiger partial charge < -0.3 is 10.1 Å². The minimum absolute atomic E-state index is 0.0368. The molecule has 1 N–H and O–H groups in total. The first-order valence-corrected chi connectivity index (χ1v) is 10.4. The topological polar surface area (TPSA) is 41.6 Å². The van der Waals surface area contributed by atoms with Crippen molar-refractivity contribution in [3.05, 3.63) is 71.8 Å². The summed E-state index contributed by atoms with van der Waals surface area (Å²) < 4.78 is 5.91. The SMILES string of the molecule is CCC(C)C(C(=O)NCC1CN(Cc2ccccc2)CCO1)c1ccccc1. The van der Waals surface area contributed by atoms with Gasteiger partial charge in [-0.3, -0.25) is 9.69 Å². The van der Waals surface area contributed by atoms with Gasteiger partial charge in [0.05, 0.1) is 18.6 Å².